The fourth-order valence-corrected chi connectivity index (χ4v) is 1.93. The summed E-state index contributed by atoms with van der Waals surface area (Å²) in [6.45, 7) is 6.07. The van der Waals surface area contributed by atoms with Crippen molar-refractivity contribution in [2.24, 2.45) is 5.92 Å². The highest BCUT2D eigenvalue weighted by Crippen LogP contribution is 2.30. The molecule has 0 unspecified atom stereocenters. The predicted molar refractivity (Wildman–Crippen MR) is 58.5 cm³/mol. The van der Waals surface area contributed by atoms with Gasteiger partial charge in [-0.2, -0.15) is 0 Å². The van der Waals surface area contributed by atoms with Crippen LogP contribution in [-0.2, 0) is 9.53 Å². The molecule has 0 aromatic carbocycles. The van der Waals surface area contributed by atoms with Gasteiger partial charge in [-0.1, -0.05) is 6.58 Å². The third-order valence-electron chi connectivity index (χ3n) is 3.19. The molecule has 3 nitrogen and oxygen atoms in total. The SMILES string of the molecule is C=CC(=O)N1CCC(OCC2CC2)CC1. The predicted octanol–water partition coefficient (Wildman–Crippen LogP) is 1.59. The molecule has 84 valence electrons. The van der Waals surface area contributed by atoms with Crippen LogP contribution in [-0.4, -0.2) is 36.6 Å². The van der Waals surface area contributed by atoms with E-state index >= 15 is 0 Å². The largest absolute Gasteiger partial charge is 0.378 e. The standard InChI is InChI=1S/C12H19NO2/c1-2-12(14)13-7-5-11(6-8-13)15-9-10-3-4-10/h2,10-11H,1,3-9H2. The highest BCUT2D eigenvalue weighted by molar-refractivity contribution is 5.87. The molecule has 1 heterocycles. The van der Waals surface area contributed by atoms with Crippen molar-refractivity contribution in [3.05, 3.63) is 12.7 Å². The number of nitrogens with zero attached hydrogens (tertiary/aromatic N) is 1. The van der Waals surface area contributed by atoms with E-state index in [9.17, 15) is 4.79 Å². The van der Waals surface area contributed by atoms with E-state index in [4.69, 9.17) is 4.74 Å². The van der Waals surface area contributed by atoms with Gasteiger partial charge in [0.15, 0.2) is 0 Å². The zero-order valence-electron chi connectivity index (χ0n) is 9.15. The maximum atomic E-state index is 11.3. The number of carbonyl (C=O) groups is 1. The van der Waals surface area contributed by atoms with Crippen molar-refractivity contribution in [2.75, 3.05) is 19.7 Å². The molecule has 1 saturated carbocycles. The van der Waals surface area contributed by atoms with E-state index in [-0.39, 0.29) is 5.91 Å². The van der Waals surface area contributed by atoms with Gasteiger partial charge in [0, 0.05) is 19.7 Å². The Balaban J connectivity index is 1.66. The van der Waals surface area contributed by atoms with Crippen molar-refractivity contribution < 1.29 is 9.53 Å². The number of piperidine rings is 1. The first-order valence-corrected chi connectivity index (χ1v) is 5.82. The summed E-state index contributed by atoms with van der Waals surface area (Å²) >= 11 is 0. The molecule has 0 spiro atoms. The average molecular weight is 209 g/mol. The van der Waals surface area contributed by atoms with Crippen molar-refractivity contribution in [2.45, 2.75) is 31.8 Å². The summed E-state index contributed by atoms with van der Waals surface area (Å²) in [6.07, 6.45) is 6.41. The number of hydrogen-bond acceptors (Lipinski definition) is 2. The van der Waals surface area contributed by atoms with E-state index < -0.39 is 0 Å². The van der Waals surface area contributed by atoms with E-state index in [2.05, 4.69) is 6.58 Å². The molecule has 3 heteroatoms. The van der Waals surface area contributed by atoms with Crippen LogP contribution in [0.2, 0.25) is 0 Å². The third-order valence-corrected chi connectivity index (χ3v) is 3.19. The highest BCUT2D eigenvalue weighted by atomic mass is 16.5. The van der Waals surface area contributed by atoms with Crippen LogP contribution in [0.1, 0.15) is 25.7 Å². The second-order valence-electron chi connectivity index (χ2n) is 4.51. The number of hydrogen-bond donors (Lipinski definition) is 0. The summed E-state index contributed by atoms with van der Waals surface area (Å²) in [5, 5.41) is 0. The van der Waals surface area contributed by atoms with Crippen LogP contribution < -0.4 is 0 Å². The Morgan fingerprint density at radius 3 is 2.53 bits per heavy atom. The Kier molecular flexibility index (Phi) is 3.41. The van der Waals surface area contributed by atoms with Gasteiger partial charge in [-0.3, -0.25) is 4.79 Å². The van der Waals surface area contributed by atoms with Gasteiger partial charge >= 0.3 is 0 Å². The van der Waals surface area contributed by atoms with E-state index in [0.29, 0.717) is 6.10 Å². The van der Waals surface area contributed by atoms with Crippen molar-refractivity contribution in [1.82, 2.24) is 4.90 Å². The summed E-state index contributed by atoms with van der Waals surface area (Å²) in [5.74, 6) is 0.883. The van der Waals surface area contributed by atoms with Gasteiger partial charge in [0.2, 0.25) is 5.91 Å². The maximum Gasteiger partial charge on any atom is 0.245 e. The minimum Gasteiger partial charge on any atom is -0.378 e. The summed E-state index contributed by atoms with van der Waals surface area (Å²) in [4.78, 5) is 13.2. The van der Waals surface area contributed by atoms with Crippen molar-refractivity contribution >= 4 is 5.91 Å². The fourth-order valence-electron chi connectivity index (χ4n) is 1.93. The van der Waals surface area contributed by atoms with E-state index in [0.717, 1.165) is 38.5 Å². The van der Waals surface area contributed by atoms with E-state index in [1.807, 2.05) is 4.90 Å². The van der Waals surface area contributed by atoms with Crippen LogP contribution in [0, 0.1) is 5.92 Å². The Morgan fingerprint density at radius 1 is 1.33 bits per heavy atom. The lowest BCUT2D eigenvalue weighted by Gasteiger charge is -2.31. The fraction of sp³-hybridized carbons (Fsp3) is 0.750. The monoisotopic (exact) mass is 209 g/mol. The molecule has 1 aliphatic carbocycles. The summed E-state index contributed by atoms with van der Waals surface area (Å²) in [5.41, 5.74) is 0. The highest BCUT2D eigenvalue weighted by Gasteiger charge is 2.26. The average Bonchev–Trinajstić information content (AvgIpc) is 3.10. The van der Waals surface area contributed by atoms with Gasteiger partial charge in [0.1, 0.15) is 0 Å². The van der Waals surface area contributed by atoms with Crippen LogP contribution in [0.15, 0.2) is 12.7 Å². The molecule has 2 rings (SSSR count). The smallest absolute Gasteiger partial charge is 0.245 e. The van der Waals surface area contributed by atoms with Gasteiger partial charge in [-0.25, -0.2) is 0 Å². The van der Waals surface area contributed by atoms with Crippen molar-refractivity contribution in [1.29, 1.82) is 0 Å². The lowest BCUT2D eigenvalue weighted by Crippen LogP contribution is -2.40. The van der Waals surface area contributed by atoms with Crippen LogP contribution in [0.5, 0.6) is 0 Å². The Labute approximate surface area is 91.1 Å². The molecule has 1 aliphatic heterocycles. The number of ether oxygens (including phenoxy) is 1. The van der Waals surface area contributed by atoms with Gasteiger partial charge in [0.05, 0.1) is 6.10 Å². The van der Waals surface area contributed by atoms with Crippen LogP contribution >= 0.6 is 0 Å². The Bertz CT molecular complexity index is 240. The Morgan fingerprint density at radius 2 is 2.00 bits per heavy atom. The third kappa shape index (κ3) is 3.06. The van der Waals surface area contributed by atoms with Gasteiger partial charge in [-0.15, -0.1) is 0 Å². The molecular formula is C12H19NO2. The first-order chi connectivity index (χ1) is 7.29. The molecular weight excluding hydrogens is 190 g/mol. The van der Waals surface area contributed by atoms with Crippen molar-refractivity contribution in [3.8, 4) is 0 Å². The number of amides is 1. The number of rotatable bonds is 4. The quantitative estimate of drug-likeness (QED) is 0.658. The molecule has 15 heavy (non-hydrogen) atoms. The van der Waals surface area contributed by atoms with Crippen LogP contribution in [0.4, 0.5) is 0 Å². The van der Waals surface area contributed by atoms with Gasteiger partial charge in [-0.05, 0) is 37.7 Å². The molecule has 1 amide bonds. The first kappa shape index (κ1) is 10.7. The van der Waals surface area contributed by atoms with Gasteiger partial charge in [0.25, 0.3) is 0 Å². The summed E-state index contributed by atoms with van der Waals surface area (Å²) in [6, 6.07) is 0. The van der Waals surface area contributed by atoms with Gasteiger partial charge < -0.3 is 9.64 Å². The summed E-state index contributed by atoms with van der Waals surface area (Å²) in [7, 11) is 0. The lowest BCUT2D eigenvalue weighted by atomic mass is 10.1. The first-order valence-electron chi connectivity index (χ1n) is 5.82. The molecule has 0 aromatic heterocycles. The number of likely N-dealkylation sites (tertiary alicyclic amines) is 1. The van der Waals surface area contributed by atoms with E-state index in [1.165, 1.54) is 18.9 Å². The zero-order valence-corrected chi connectivity index (χ0v) is 9.15. The normalized spacial score (nSPS) is 22.8. The van der Waals surface area contributed by atoms with Crippen LogP contribution in [0.25, 0.3) is 0 Å². The minimum absolute atomic E-state index is 0.0515. The van der Waals surface area contributed by atoms with Crippen LogP contribution in [0.3, 0.4) is 0 Å². The minimum atomic E-state index is 0.0515. The molecule has 2 aliphatic rings. The maximum absolute atomic E-state index is 11.3. The van der Waals surface area contributed by atoms with E-state index in [1.54, 1.807) is 0 Å². The van der Waals surface area contributed by atoms with Crippen molar-refractivity contribution in [3.63, 3.8) is 0 Å². The second-order valence-corrected chi connectivity index (χ2v) is 4.51. The second kappa shape index (κ2) is 4.79. The Hall–Kier alpha value is -0.830. The molecule has 1 saturated heterocycles. The molecule has 0 N–H and O–H groups in total. The molecule has 0 radical (unpaired) electrons. The molecule has 0 aromatic rings. The number of carbonyl (C=O) groups excluding carboxylic acids is 1. The zero-order chi connectivity index (χ0) is 10.7. The topological polar surface area (TPSA) is 29.5 Å². The molecule has 0 atom stereocenters. The molecule has 0 bridgehead atoms. The lowest BCUT2D eigenvalue weighted by molar-refractivity contribution is -0.128. The molecule has 2 fully saturated rings. The summed E-state index contributed by atoms with van der Waals surface area (Å²) < 4.78 is 5.80.